The molecule has 0 radical (unpaired) electrons. The molecule has 0 aliphatic rings. The van der Waals surface area contributed by atoms with Crippen molar-refractivity contribution in [2.45, 2.75) is 27.7 Å². The maximum absolute atomic E-state index is 11.9. The molecule has 0 spiro atoms. The lowest BCUT2D eigenvalue weighted by Gasteiger charge is -2.11. The van der Waals surface area contributed by atoms with Gasteiger partial charge in [0.15, 0.2) is 6.61 Å². The zero-order chi connectivity index (χ0) is 16.3. The summed E-state index contributed by atoms with van der Waals surface area (Å²) >= 11 is 6.09. The number of hydrogen-bond donors (Lipinski definition) is 0. The van der Waals surface area contributed by atoms with Gasteiger partial charge in [-0.05, 0) is 62.6 Å². The number of rotatable bonds is 4. The molecule has 0 aliphatic carbocycles. The SMILES string of the molecule is Cc1ccc(OCC(=O)Oc2cc(C)c(Cl)c(C)c2)c(C)c1. The van der Waals surface area contributed by atoms with Crippen LogP contribution >= 0.6 is 11.6 Å². The summed E-state index contributed by atoms with van der Waals surface area (Å²) in [5, 5.41) is 0.686. The molecule has 0 aromatic heterocycles. The van der Waals surface area contributed by atoms with E-state index in [-0.39, 0.29) is 6.61 Å². The van der Waals surface area contributed by atoms with E-state index in [1.807, 2.05) is 45.9 Å². The van der Waals surface area contributed by atoms with Crippen LogP contribution in [0.15, 0.2) is 30.3 Å². The van der Waals surface area contributed by atoms with E-state index in [0.29, 0.717) is 16.5 Å². The number of halogens is 1. The number of benzene rings is 2. The summed E-state index contributed by atoms with van der Waals surface area (Å²) in [5.74, 6) is 0.723. The van der Waals surface area contributed by atoms with Gasteiger partial charge in [-0.3, -0.25) is 0 Å². The predicted octanol–water partition coefficient (Wildman–Crippen LogP) is 4.56. The highest BCUT2D eigenvalue weighted by molar-refractivity contribution is 6.32. The van der Waals surface area contributed by atoms with Crippen molar-refractivity contribution in [3.8, 4) is 11.5 Å². The summed E-state index contributed by atoms with van der Waals surface area (Å²) in [6.07, 6.45) is 0. The number of carbonyl (C=O) groups excluding carboxylic acids is 1. The largest absolute Gasteiger partial charge is 0.482 e. The highest BCUT2D eigenvalue weighted by Crippen LogP contribution is 2.26. The molecule has 2 aromatic carbocycles. The molecule has 22 heavy (non-hydrogen) atoms. The maximum Gasteiger partial charge on any atom is 0.349 e. The molecule has 0 unspecified atom stereocenters. The van der Waals surface area contributed by atoms with Crippen molar-refractivity contribution in [1.82, 2.24) is 0 Å². The molecule has 0 aliphatic heterocycles. The molecular formula is C18H19ClO3. The summed E-state index contributed by atoms with van der Waals surface area (Å²) in [6.45, 7) is 7.57. The van der Waals surface area contributed by atoms with E-state index in [2.05, 4.69) is 0 Å². The zero-order valence-electron chi connectivity index (χ0n) is 13.2. The van der Waals surface area contributed by atoms with Gasteiger partial charge in [0.05, 0.1) is 0 Å². The Bertz CT molecular complexity index is 684. The van der Waals surface area contributed by atoms with Crippen LogP contribution in [0.5, 0.6) is 11.5 Å². The van der Waals surface area contributed by atoms with E-state index in [1.54, 1.807) is 12.1 Å². The number of esters is 1. The van der Waals surface area contributed by atoms with Crippen molar-refractivity contribution in [2.24, 2.45) is 0 Å². The summed E-state index contributed by atoms with van der Waals surface area (Å²) < 4.78 is 10.8. The minimum Gasteiger partial charge on any atom is -0.482 e. The van der Waals surface area contributed by atoms with Gasteiger partial charge in [-0.25, -0.2) is 4.79 Å². The zero-order valence-corrected chi connectivity index (χ0v) is 14.0. The Kier molecular flexibility index (Phi) is 5.09. The summed E-state index contributed by atoms with van der Waals surface area (Å²) in [4.78, 5) is 11.9. The molecule has 0 bridgehead atoms. The van der Waals surface area contributed by atoms with E-state index >= 15 is 0 Å². The van der Waals surface area contributed by atoms with E-state index in [9.17, 15) is 4.79 Å². The molecule has 0 atom stereocenters. The van der Waals surface area contributed by atoms with Crippen molar-refractivity contribution in [3.63, 3.8) is 0 Å². The van der Waals surface area contributed by atoms with Gasteiger partial charge in [0.2, 0.25) is 0 Å². The van der Waals surface area contributed by atoms with Crippen molar-refractivity contribution >= 4 is 17.6 Å². The molecule has 0 heterocycles. The van der Waals surface area contributed by atoms with Crippen molar-refractivity contribution in [2.75, 3.05) is 6.61 Å². The van der Waals surface area contributed by atoms with Crippen LogP contribution in [-0.2, 0) is 4.79 Å². The van der Waals surface area contributed by atoms with Gasteiger partial charge in [-0.2, -0.15) is 0 Å². The molecule has 2 aromatic rings. The average Bonchev–Trinajstić information content (AvgIpc) is 2.43. The Labute approximate surface area is 135 Å². The second kappa shape index (κ2) is 6.84. The van der Waals surface area contributed by atoms with Crippen LogP contribution in [0.1, 0.15) is 22.3 Å². The lowest BCUT2D eigenvalue weighted by Crippen LogP contribution is -2.18. The number of ether oxygens (including phenoxy) is 2. The third-order valence-corrected chi connectivity index (χ3v) is 3.91. The van der Waals surface area contributed by atoms with E-state index < -0.39 is 5.97 Å². The second-order valence-electron chi connectivity index (χ2n) is 5.40. The van der Waals surface area contributed by atoms with Gasteiger partial charge in [0, 0.05) is 5.02 Å². The molecule has 116 valence electrons. The van der Waals surface area contributed by atoms with Crippen LogP contribution in [0.25, 0.3) is 0 Å². The summed E-state index contributed by atoms with van der Waals surface area (Å²) in [6, 6.07) is 9.29. The Morgan fingerprint density at radius 3 is 2.23 bits per heavy atom. The molecular weight excluding hydrogens is 300 g/mol. The fourth-order valence-corrected chi connectivity index (χ4v) is 2.33. The minimum atomic E-state index is -0.443. The van der Waals surface area contributed by atoms with Crippen molar-refractivity contribution in [1.29, 1.82) is 0 Å². The minimum absolute atomic E-state index is 0.134. The Morgan fingerprint density at radius 2 is 1.64 bits per heavy atom. The quantitative estimate of drug-likeness (QED) is 0.612. The fourth-order valence-electron chi connectivity index (χ4n) is 2.22. The normalized spacial score (nSPS) is 10.4. The molecule has 0 saturated heterocycles. The van der Waals surface area contributed by atoms with Crippen molar-refractivity contribution in [3.05, 3.63) is 57.6 Å². The molecule has 0 saturated carbocycles. The Balaban J connectivity index is 1.99. The van der Waals surface area contributed by atoms with Crippen LogP contribution in [-0.4, -0.2) is 12.6 Å². The lowest BCUT2D eigenvalue weighted by atomic mass is 10.1. The maximum atomic E-state index is 11.9. The fraction of sp³-hybridized carbons (Fsp3) is 0.278. The Morgan fingerprint density at radius 1 is 1.00 bits per heavy atom. The van der Waals surface area contributed by atoms with Gasteiger partial charge in [0.1, 0.15) is 11.5 Å². The Hall–Kier alpha value is -2.00. The molecule has 0 amide bonds. The lowest BCUT2D eigenvalue weighted by molar-refractivity contribution is -0.136. The van der Waals surface area contributed by atoms with Gasteiger partial charge >= 0.3 is 5.97 Å². The van der Waals surface area contributed by atoms with E-state index in [4.69, 9.17) is 21.1 Å². The van der Waals surface area contributed by atoms with Crippen molar-refractivity contribution < 1.29 is 14.3 Å². The monoisotopic (exact) mass is 318 g/mol. The first-order valence-electron chi connectivity index (χ1n) is 7.04. The summed E-state index contributed by atoms with van der Waals surface area (Å²) in [5.41, 5.74) is 3.89. The molecule has 0 fully saturated rings. The summed E-state index contributed by atoms with van der Waals surface area (Å²) in [7, 11) is 0. The third-order valence-electron chi connectivity index (χ3n) is 3.32. The van der Waals surface area contributed by atoms with Crippen LogP contribution in [0, 0.1) is 27.7 Å². The molecule has 0 N–H and O–H groups in total. The van der Waals surface area contributed by atoms with Crippen LogP contribution in [0.4, 0.5) is 0 Å². The van der Waals surface area contributed by atoms with Crippen LogP contribution in [0.3, 0.4) is 0 Å². The second-order valence-corrected chi connectivity index (χ2v) is 5.78. The first kappa shape index (κ1) is 16.4. The first-order valence-corrected chi connectivity index (χ1v) is 7.42. The van der Waals surface area contributed by atoms with Gasteiger partial charge in [-0.15, -0.1) is 0 Å². The van der Waals surface area contributed by atoms with Crippen LogP contribution in [0.2, 0.25) is 5.02 Å². The third kappa shape index (κ3) is 4.01. The highest BCUT2D eigenvalue weighted by atomic mass is 35.5. The van der Waals surface area contributed by atoms with E-state index in [0.717, 1.165) is 22.3 Å². The number of carbonyl (C=O) groups is 1. The van der Waals surface area contributed by atoms with E-state index in [1.165, 1.54) is 0 Å². The number of hydrogen-bond acceptors (Lipinski definition) is 3. The first-order chi connectivity index (χ1) is 10.4. The highest BCUT2D eigenvalue weighted by Gasteiger charge is 2.10. The molecule has 3 nitrogen and oxygen atoms in total. The topological polar surface area (TPSA) is 35.5 Å². The average molecular weight is 319 g/mol. The number of aryl methyl sites for hydroxylation is 4. The van der Waals surface area contributed by atoms with Crippen LogP contribution < -0.4 is 9.47 Å². The van der Waals surface area contributed by atoms with Gasteiger partial charge in [0.25, 0.3) is 0 Å². The predicted molar refractivity (Wildman–Crippen MR) is 88.0 cm³/mol. The molecule has 2 rings (SSSR count). The van der Waals surface area contributed by atoms with Gasteiger partial charge < -0.3 is 9.47 Å². The molecule has 4 heteroatoms. The van der Waals surface area contributed by atoms with Gasteiger partial charge in [-0.1, -0.05) is 29.3 Å². The standard InChI is InChI=1S/C18H19ClO3/c1-11-5-6-16(12(2)7-11)21-10-17(20)22-15-8-13(3)18(19)14(4)9-15/h5-9H,10H2,1-4H3. The smallest absolute Gasteiger partial charge is 0.349 e.